The summed E-state index contributed by atoms with van der Waals surface area (Å²) in [5.74, 6) is 4.82. The topological polar surface area (TPSA) is 24.5 Å². The number of unbranched alkanes of at least 4 members (excludes halogenated alkanes) is 1. The quantitative estimate of drug-likeness (QED) is 0.250. The van der Waals surface area contributed by atoms with Gasteiger partial charge in [0.2, 0.25) is 5.41 Å². The van der Waals surface area contributed by atoms with Gasteiger partial charge in [0, 0.05) is 0 Å². The molecule has 4 nitrogen and oxygen atoms in total. The van der Waals surface area contributed by atoms with Gasteiger partial charge in [-0.05, 0) is 67.8 Å². The highest BCUT2D eigenvalue weighted by Crippen LogP contribution is 2.43. The molecule has 180 valence electrons. The average Bonchev–Trinajstić information content (AvgIpc) is 3.30. The second kappa shape index (κ2) is 11.4. The molecule has 2 aliphatic rings. The molecule has 0 saturated heterocycles. The summed E-state index contributed by atoms with van der Waals surface area (Å²) in [5.41, 5.74) is 0.482. The number of nitrogens with zero attached hydrogens (tertiary/aromatic N) is 2. The largest absolute Gasteiger partial charge is 0.440 e. The van der Waals surface area contributed by atoms with Crippen molar-refractivity contribution < 1.29 is 18.6 Å². The molecule has 0 unspecified atom stereocenters. The van der Waals surface area contributed by atoms with Crippen molar-refractivity contribution in [3.05, 3.63) is 0 Å². The molecule has 0 aliphatic carbocycles. The van der Waals surface area contributed by atoms with E-state index in [1.165, 1.54) is 50.0 Å². The highest BCUT2D eigenvalue weighted by molar-refractivity contribution is 7.99. The number of hydrogen-bond donors (Lipinski definition) is 0. The summed E-state index contributed by atoms with van der Waals surface area (Å²) < 4.78 is 16.9. The van der Waals surface area contributed by atoms with Gasteiger partial charge < -0.3 is 9.47 Å². The molecule has 31 heavy (non-hydrogen) atoms. The highest BCUT2D eigenvalue weighted by Gasteiger charge is 2.54. The second-order valence-electron chi connectivity index (χ2n) is 11.6. The number of ether oxygens (including phenoxy) is 2. The summed E-state index contributed by atoms with van der Waals surface area (Å²) in [6, 6.07) is 0. The molecule has 0 amide bonds. The third kappa shape index (κ3) is 7.68. The lowest BCUT2D eigenvalue weighted by Gasteiger charge is -2.36. The van der Waals surface area contributed by atoms with E-state index in [1.807, 2.05) is 0 Å². The van der Waals surface area contributed by atoms with E-state index in [0.29, 0.717) is 5.41 Å². The molecular weight excluding hydrogens is 404 g/mol. The van der Waals surface area contributed by atoms with Crippen LogP contribution in [0.2, 0.25) is 0 Å². The molecule has 0 spiro atoms. The maximum Gasteiger partial charge on any atom is 0.357 e. The Morgan fingerprint density at radius 3 is 1.77 bits per heavy atom. The van der Waals surface area contributed by atoms with Gasteiger partial charge in [0.25, 0.3) is 0 Å². The minimum absolute atomic E-state index is 0.187. The van der Waals surface area contributed by atoms with Crippen LogP contribution in [-0.4, -0.2) is 72.9 Å². The van der Waals surface area contributed by atoms with Crippen molar-refractivity contribution in [1.82, 2.24) is 0 Å². The van der Waals surface area contributed by atoms with Gasteiger partial charge in [-0.25, -0.2) is 9.15 Å². The lowest BCUT2D eigenvalue weighted by molar-refractivity contribution is -0.497. The van der Waals surface area contributed by atoms with Crippen LogP contribution in [0.1, 0.15) is 86.5 Å². The highest BCUT2D eigenvalue weighted by atomic mass is 32.2. The first-order valence-electron chi connectivity index (χ1n) is 12.5. The number of thioether (sulfide) groups is 1. The number of hydrogen-bond acceptors (Lipinski definition) is 3. The van der Waals surface area contributed by atoms with Crippen LogP contribution >= 0.6 is 11.8 Å². The van der Waals surface area contributed by atoms with Crippen molar-refractivity contribution >= 4 is 23.6 Å². The minimum Gasteiger partial charge on any atom is -0.440 e. The van der Waals surface area contributed by atoms with Gasteiger partial charge in [0.15, 0.2) is 26.3 Å². The van der Waals surface area contributed by atoms with Crippen LogP contribution in [0, 0.1) is 16.2 Å². The third-order valence-corrected chi connectivity index (χ3v) is 8.17. The maximum absolute atomic E-state index is 6.16. The van der Waals surface area contributed by atoms with Gasteiger partial charge in [-0.15, -0.1) is 0 Å². The smallest absolute Gasteiger partial charge is 0.357 e. The van der Waals surface area contributed by atoms with Crippen molar-refractivity contribution in [3.63, 3.8) is 0 Å². The molecule has 0 aromatic carbocycles. The molecule has 2 aliphatic heterocycles. The van der Waals surface area contributed by atoms with Crippen molar-refractivity contribution in [2.75, 3.05) is 51.9 Å². The van der Waals surface area contributed by atoms with E-state index in [-0.39, 0.29) is 10.8 Å². The Kier molecular flexibility index (Phi) is 9.78. The van der Waals surface area contributed by atoms with E-state index < -0.39 is 0 Å². The molecule has 2 rings (SSSR count). The van der Waals surface area contributed by atoms with Crippen LogP contribution in [0.15, 0.2) is 0 Å². The molecule has 0 radical (unpaired) electrons. The fraction of sp³-hybridized carbons (Fsp3) is 0.923. The van der Waals surface area contributed by atoms with Crippen LogP contribution in [0.3, 0.4) is 0 Å². The van der Waals surface area contributed by atoms with Gasteiger partial charge in [-0.3, -0.25) is 0 Å². The summed E-state index contributed by atoms with van der Waals surface area (Å²) >= 11 is 2.14. The molecule has 0 saturated carbocycles. The predicted molar refractivity (Wildman–Crippen MR) is 135 cm³/mol. The Labute approximate surface area is 196 Å². The van der Waals surface area contributed by atoms with Crippen LogP contribution in [0.5, 0.6) is 0 Å². The number of rotatable bonds is 14. The molecule has 0 fully saturated rings. The molecule has 5 heteroatoms. The third-order valence-electron chi connectivity index (χ3n) is 7.01. The Hall–Kier alpha value is -0.710. The lowest BCUT2D eigenvalue weighted by Crippen LogP contribution is -2.43. The molecule has 0 aromatic heterocycles. The monoisotopic (exact) mass is 454 g/mol. The zero-order valence-electron chi connectivity index (χ0n) is 21.8. The SMILES string of the molecule is CCCCSCCCC(C)(C)CC(C)(C)CCC(C)(C1=[N+](C)CCO1)C1=[N+](C)CCO1. The van der Waals surface area contributed by atoms with Gasteiger partial charge in [-0.2, -0.15) is 11.8 Å². The fourth-order valence-electron chi connectivity index (χ4n) is 5.51. The van der Waals surface area contributed by atoms with Crippen molar-refractivity contribution in [1.29, 1.82) is 0 Å². The van der Waals surface area contributed by atoms with Gasteiger partial charge in [-0.1, -0.05) is 41.0 Å². The molecule has 0 aromatic rings. The van der Waals surface area contributed by atoms with E-state index in [9.17, 15) is 0 Å². The Bertz CT molecular complexity index is 622. The van der Waals surface area contributed by atoms with Gasteiger partial charge >= 0.3 is 11.8 Å². The molecular formula is C26H50N2O2S+2. The van der Waals surface area contributed by atoms with E-state index in [4.69, 9.17) is 9.47 Å². The van der Waals surface area contributed by atoms with Gasteiger partial charge in [0.1, 0.15) is 14.1 Å². The molecule has 2 heterocycles. The van der Waals surface area contributed by atoms with E-state index in [1.54, 1.807) is 0 Å². The first-order chi connectivity index (χ1) is 14.5. The Morgan fingerprint density at radius 2 is 1.29 bits per heavy atom. The molecule has 0 bridgehead atoms. The van der Waals surface area contributed by atoms with Gasteiger partial charge in [0.05, 0.1) is 0 Å². The van der Waals surface area contributed by atoms with E-state index in [2.05, 4.69) is 76.6 Å². The summed E-state index contributed by atoms with van der Waals surface area (Å²) in [7, 11) is 4.31. The van der Waals surface area contributed by atoms with Crippen LogP contribution < -0.4 is 0 Å². The number of likely N-dealkylation sites (N-methyl/N-ethyl adjacent to an activating group) is 2. The Morgan fingerprint density at radius 1 is 0.774 bits per heavy atom. The van der Waals surface area contributed by atoms with Crippen LogP contribution in [0.4, 0.5) is 0 Å². The second-order valence-corrected chi connectivity index (χ2v) is 12.8. The summed E-state index contributed by atoms with van der Waals surface area (Å²) in [6.07, 6.45) is 8.80. The van der Waals surface area contributed by atoms with E-state index in [0.717, 1.165) is 44.5 Å². The Balaban J connectivity index is 1.98. The zero-order valence-corrected chi connectivity index (χ0v) is 22.6. The first-order valence-corrected chi connectivity index (χ1v) is 13.7. The average molecular weight is 455 g/mol. The lowest BCUT2D eigenvalue weighted by atomic mass is 9.68. The first kappa shape index (κ1) is 26.5. The zero-order chi connectivity index (χ0) is 23.1. The standard InChI is InChI=1S/C26H50N2O2S/c1-9-10-19-31-20-11-12-24(2,3)21-25(4,5)13-14-26(6,22-27(7)15-17-29-22)23-28(8)16-18-30-23/h9-21H2,1-8H3/q+2. The predicted octanol–water partition coefficient (Wildman–Crippen LogP) is 5.67. The maximum atomic E-state index is 6.16. The summed E-state index contributed by atoms with van der Waals surface area (Å²) in [4.78, 5) is 0. The van der Waals surface area contributed by atoms with Crippen molar-refractivity contribution in [2.24, 2.45) is 16.2 Å². The molecule has 0 N–H and O–H groups in total. The molecule has 0 atom stereocenters. The van der Waals surface area contributed by atoms with Crippen LogP contribution in [0.25, 0.3) is 0 Å². The fourth-order valence-corrected chi connectivity index (χ4v) is 6.56. The van der Waals surface area contributed by atoms with E-state index >= 15 is 0 Å². The van der Waals surface area contributed by atoms with Crippen molar-refractivity contribution in [2.45, 2.75) is 86.5 Å². The summed E-state index contributed by atoms with van der Waals surface area (Å²) in [6.45, 7) is 18.0. The normalized spacial score (nSPS) is 18.1. The minimum atomic E-state index is -0.187. The van der Waals surface area contributed by atoms with Crippen molar-refractivity contribution in [3.8, 4) is 0 Å². The van der Waals surface area contributed by atoms with Crippen LogP contribution in [-0.2, 0) is 9.47 Å². The summed E-state index contributed by atoms with van der Waals surface area (Å²) in [5, 5.41) is 0.